The van der Waals surface area contributed by atoms with Gasteiger partial charge in [-0.15, -0.1) is 12.8 Å². The molecule has 0 atom stereocenters. The molecule has 33 heavy (non-hydrogen) atoms. The third kappa shape index (κ3) is 10.7. The third-order valence-electron chi connectivity index (χ3n) is 4.63. The first-order valence-corrected chi connectivity index (χ1v) is 11.5. The lowest BCUT2D eigenvalue weighted by molar-refractivity contribution is -0.116. The Morgan fingerprint density at radius 1 is 0.909 bits per heavy atom. The van der Waals surface area contributed by atoms with Gasteiger partial charge in [-0.05, 0) is 61.2 Å². The number of hydrogen-bond acceptors (Lipinski definition) is 3. The first-order chi connectivity index (χ1) is 15.8. The summed E-state index contributed by atoms with van der Waals surface area (Å²) in [6.45, 7) is 17.5. The number of benzene rings is 2. The average molecular weight is 451 g/mol. The van der Waals surface area contributed by atoms with Gasteiger partial charge in [0.15, 0.2) is 5.78 Å². The van der Waals surface area contributed by atoms with Crippen LogP contribution in [0.25, 0.3) is 11.1 Å². The van der Waals surface area contributed by atoms with Crippen LogP contribution in [0.2, 0.25) is 0 Å². The largest absolute Gasteiger partial charge is 0.392 e. The molecule has 0 radical (unpaired) electrons. The molecule has 0 aromatic heterocycles. The molecule has 0 aliphatic carbocycles. The zero-order chi connectivity index (χ0) is 26.0. The van der Waals surface area contributed by atoms with Crippen LogP contribution in [0.15, 0.2) is 54.7 Å². The maximum Gasteiger partial charge on any atom is 0.223 e. The maximum absolute atomic E-state index is 11.7. The van der Waals surface area contributed by atoms with Crippen LogP contribution in [-0.4, -0.2) is 25.3 Å². The van der Waals surface area contributed by atoms with Crippen LogP contribution in [0.4, 0.5) is 5.69 Å². The Kier molecular flexibility index (Phi) is 17.6. The normalized spacial score (nSPS) is 10.5. The van der Waals surface area contributed by atoms with E-state index >= 15 is 0 Å². The number of fused-ring (bicyclic) bond motifs is 1. The number of rotatable bonds is 3. The van der Waals surface area contributed by atoms with Crippen molar-refractivity contribution < 1.29 is 9.59 Å². The molecule has 2 aromatic rings. The number of Topliss-reactive ketones (excluding diaryl/α,β-unsaturated/α-hetero) is 1. The molecule has 0 unspecified atom stereocenters. The number of hydrogen-bond donors (Lipinski definition) is 1. The molecule has 0 fully saturated rings. The van der Waals surface area contributed by atoms with Crippen molar-refractivity contribution in [3.8, 4) is 24.0 Å². The van der Waals surface area contributed by atoms with Gasteiger partial charge in [0, 0.05) is 31.8 Å². The van der Waals surface area contributed by atoms with Gasteiger partial charge in [0.25, 0.3) is 0 Å². The van der Waals surface area contributed by atoms with E-state index in [1.165, 1.54) is 5.56 Å². The van der Waals surface area contributed by atoms with Crippen molar-refractivity contribution in [2.45, 2.75) is 61.3 Å². The molecule has 1 amide bonds. The summed E-state index contributed by atoms with van der Waals surface area (Å²) in [4.78, 5) is 24.9. The quantitative estimate of drug-likeness (QED) is 0.409. The minimum Gasteiger partial charge on any atom is -0.392 e. The van der Waals surface area contributed by atoms with Crippen molar-refractivity contribution in [2.24, 2.45) is 0 Å². The molecular formula is C29H42N2O2. The van der Waals surface area contributed by atoms with E-state index in [1.807, 2.05) is 83.0 Å². The molecule has 1 N–H and O–H groups in total. The molecule has 2 aromatic carbocycles. The Hall–Kier alpha value is -3.32. The van der Waals surface area contributed by atoms with Crippen molar-refractivity contribution in [1.29, 1.82) is 0 Å². The summed E-state index contributed by atoms with van der Waals surface area (Å²) in [7, 11) is 1.85. The smallest absolute Gasteiger partial charge is 0.223 e. The Morgan fingerprint density at radius 3 is 1.82 bits per heavy atom. The van der Waals surface area contributed by atoms with Gasteiger partial charge in [0.1, 0.15) is 0 Å². The van der Waals surface area contributed by atoms with Crippen molar-refractivity contribution in [3.63, 3.8) is 0 Å². The minimum atomic E-state index is 0.0779. The standard InChI is InChI=1S/C19H19NO2.C4H9N.2C2H6.C2H2/c1-13(21)15-5-7-16(8-6-15)17-9-10-19-18(12-17)4-3-11-20(19)14(2)22;1-4(2)5-3;3*1-2/h5-10,12H,3-4,11H2,1-2H3;5H,1H2,2-3H3;2*1-2H3;1-2H. The van der Waals surface area contributed by atoms with E-state index in [4.69, 9.17) is 0 Å². The number of anilines is 1. The highest BCUT2D eigenvalue weighted by molar-refractivity contribution is 5.95. The van der Waals surface area contributed by atoms with Crippen LogP contribution in [0.5, 0.6) is 0 Å². The molecule has 0 saturated heterocycles. The average Bonchev–Trinajstić information content (AvgIpc) is 2.87. The van der Waals surface area contributed by atoms with Crippen LogP contribution in [0.3, 0.4) is 0 Å². The molecule has 1 heterocycles. The molecule has 1 aliphatic heterocycles. The van der Waals surface area contributed by atoms with E-state index < -0.39 is 0 Å². The first-order valence-electron chi connectivity index (χ1n) is 11.5. The second-order valence-corrected chi connectivity index (χ2v) is 6.78. The summed E-state index contributed by atoms with van der Waals surface area (Å²) in [6, 6.07) is 13.9. The number of terminal acetylenes is 1. The second kappa shape index (κ2) is 18.3. The van der Waals surface area contributed by atoms with Gasteiger partial charge in [-0.25, -0.2) is 0 Å². The second-order valence-electron chi connectivity index (χ2n) is 6.78. The number of carbonyl (C=O) groups is 2. The van der Waals surface area contributed by atoms with Crippen LogP contribution < -0.4 is 10.2 Å². The summed E-state index contributed by atoms with van der Waals surface area (Å²) < 4.78 is 0. The van der Waals surface area contributed by atoms with Gasteiger partial charge in [0.05, 0.1) is 0 Å². The van der Waals surface area contributed by atoms with Crippen LogP contribution in [0.1, 0.15) is 70.8 Å². The minimum absolute atomic E-state index is 0.0779. The number of nitrogens with one attached hydrogen (secondary N) is 1. The molecular weight excluding hydrogens is 408 g/mol. The number of nitrogens with zero attached hydrogens (tertiary/aromatic N) is 1. The van der Waals surface area contributed by atoms with E-state index in [0.29, 0.717) is 0 Å². The van der Waals surface area contributed by atoms with Gasteiger partial charge in [-0.1, -0.05) is 64.6 Å². The van der Waals surface area contributed by atoms with E-state index in [1.54, 1.807) is 13.8 Å². The van der Waals surface area contributed by atoms with Gasteiger partial charge in [-0.2, -0.15) is 0 Å². The Labute approximate surface area is 202 Å². The highest BCUT2D eigenvalue weighted by Gasteiger charge is 2.20. The number of ketones is 1. The van der Waals surface area contributed by atoms with Gasteiger partial charge in [0.2, 0.25) is 5.91 Å². The van der Waals surface area contributed by atoms with Crippen molar-refractivity contribution >= 4 is 17.4 Å². The predicted octanol–water partition coefficient (Wildman–Crippen LogP) is 6.90. The zero-order valence-corrected chi connectivity index (χ0v) is 21.8. The van der Waals surface area contributed by atoms with E-state index in [9.17, 15) is 9.59 Å². The highest BCUT2D eigenvalue weighted by atomic mass is 16.2. The molecule has 3 rings (SSSR count). The summed E-state index contributed by atoms with van der Waals surface area (Å²) >= 11 is 0. The van der Waals surface area contributed by atoms with Crippen LogP contribution in [0, 0.1) is 12.8 Å². The Morgan fingerprint density at radius 2 is 1.39 bits per heavy atom. The molecule has 4 nitrogen and oxygen atoms in total. The maximum atomic E-state index is 11.7. The molecule has 0 spiro atoms. The summed E-state index contributed by atoms with van der Waals surface area (Å²) in [5, 5.41) is 2.83. The SMILES string of the molecule is C#C.C=C(C)NC.CC.CC.CC(=O)c1ccc(-c2ccc3c(c2)CCCN3C(C)=O)cc1. The van der Waals surface area contributed by atoms with E-state index in [0.717, 1.165) is 47.5 Å². The highest BCUT2D eigenvalue weighted by Crippen LogP contribution is 2.31. The lowest BCUT2D eigenvalue weighted by Crippen LogP contribution is -2.33. The molecule has 180 valence electrons. The van der Waals surface area contributed by atoms with Gasteiger partial charge in [-0.3, -0.25) is 9.59 Å². The van der Waals surface area contributed by atoms with E-state index in [-0.39, 0.29) is 11.7 Å². The van der Waals surface area contributed by atoms with Gasteiger partial charge >= 0.3 is 0 Å². The van der Waals surface area contributed by atoms with Crippen LogP contribution >= 0.6 is 0 Å². The fourth-order valence-corrected chi connectivity index (χ4v) is 3.00. The molecule has 0 saturated carbocycles. The van der Waals surface area contributed by atoms with Crippen molar-refractivity contribution in [1.82, 2.24) is 5.32 Å². The topological polar surface area (TPSA) is 49.4 Å². The predicted molar refractivity (Wildman–Crippen MR) is 145 cm³/mol. The number of amides is 1. The molecule has 4 heteroatoms. The van der Waals surface area contributed by atoms with Gasteiger partial charge < -0.3 is 10.2 Å². The number of carbonyl (C=O) groups excluding carboxylic acids is 2. The first kappa shape index (κ1) is 31.9. The summed E-state index contributed by atoms with van der Waals surface area (Å²) in [6.07, 6.45) is 10.00. The fraction of sp³-hybridized carbons (Fsp3) is 0.379. The number of allylic oxidation sites excluding steroid dienone is 1. The van der Waals surface area contributed by atoms with Crippen LogP contribution in [-0.2, 0) is 11.2 Å². The summed E-state index contributed by atoms with van der Waals surface area (Å²) in [5.74, 6) is 0.175. The summed E-state index contributed by atoms with van der Waals surface area (Å²) in [5.41, 5.74) is 6.19. The lowest BCUT2D eigenvalue weighted by Gasteiger charge is -2.29. The molecule has 1 aliphatic rings. The third-order valence-corrected chi connectivity index (χ3v) is 4.63. The molecule has 0 bridgehead atoms. The van der Waals surface area contributed by atoms with Crippen molar-refractivity contribution in [3.05, 3.63) is 65.9 Å². The van der Waals surface area contributed by atoms with Crippen molar-refractivity contribution in [2.75, 3.05) is 18.5 Å². The monoisotopic (exact) mass is 450 g/mol. The zero-order valence-electron chi connectivity index (χ0n) is 21.8. The fourth-order valence-electron chi connectivity index (χ4n) is 3.00. The Balaban J connectivity index is 0. The Bertz CT molecular complexity index is 880. The van der Waals surface area contributed by atoms with E-state index in [2.05, 4.69) is 30.8 Å². The number of aryl methyl sites for hydroxylation is 1. The lowest BCUT2D eigenvalue weighted by atomic mass is 9.95.